The lowest BCUT2D eigenvalue weighted by molar-refractivity contribution is -0.111. The topological polar surface area (TPSA) is 98.2 Å². The summed E-state index contributed by atoms with van der Waals surface area (Å²) in [6.45, 7) is 3.16. The normalized spacial score (nSPS) is 15.8. The molecule has 1 amide bonds. The van der Waals surface area contributed by atoms with Gasteiger partial charge < -0.3 is 10.1 Å². The van der Waals surface area contributed by atoms with Crippen LogP contribution in [0.3, 0.4) is 0 Å². The van der Waals surface area contributed by atoms with E-state index < -0.39 is 9.84 Å². The number of sulfone groups is 1. The zero-order valence-electron chi connectivity index (χ0n) is 16.4. The molecule has 1 N–H and O–H groups in total. The van der Waals surface area contributed by atoms with Gasteiger partial charge in [0.15, 0.2) is 9.84 Å². The summed E-state index contributed by atoms with van der Waals surface area (Å²) in [5, 5.41) is 2.79. The van der Waals surface area contributed by atoms with E-state index in [1.165, 1.54) is 6.33 Å². The van der Waals surface area contributed by atoms with E-state index in [-0.39, 0.29) is 22.5 Å². The molecule has 154 valence electrons. The number of aromatic nitrogens is 2. The van der Waals surface area contributed by atoms with Gasteiger partial charge in [-0.15, -0.1) is 0 Å². The number of rotatable bonds is 7. The van der Waals surface area contributed by atoms with Gasteiger partial charge in [-0.05, 0) is 48.9 Å². The van der Waals surface area contributed by atoms with Gasteiger partial charge in [-0.3, -0.25) is 4.79 Å². The minimum absolute atomic E-state index is 0.102. The number of nitrogens with zero attached hydrogens (tertiary/aromatic N) is 2. The summed E-state index contributed by atoms with van der Waals surface area (Å²) in [6, 6.07) is 8.12. The Balaban J connectivity index is 1.90. The van der Waals surface area contributed by atoms with Crippen molar-refractivity contribution >= 4 is 27.1 Å². The third kappa shape index (κ3) is 5.71. The molecule has 0 spiro atoms. The van der Waals surface area contributed by atoms with Crippen LogP contribution in [0.25, 0.3) is 5.57 Å². The highest BCUT2D eigenvalue weighted by atomic mass is 32.2. The number of hydrogen-bond acceptors (Lipinski definition) is 6. The Morgan fingerprint density at radius 2 is 1.93 bits per heavy atom. The zero-order chi connectivity index (χ0) is 20.7. The van der Waals surface area contributed by atoms with Crippen molar-refractivity contribution in [1.29, 1.82) is 0 Å². The first-order valence-corrected chi connectivity index (χ1v) is 11.3. The molecule has 1 aromatic heterocycles. The summed E-state index contributed by atoms with van der Waals surface area (Å²) >= 11 is 0. The standard InChI is InChI=1S/C21H25N3O4S/c1-2-13-29(26,27)18-5-3-17(4-6-18)19(14-16-8-11-28-12-9-16)21(25)24-20-7-10-22-15-23-20/h3-7,10,14-16H,2,8-9,11-13H2,1H3,(H,22,23,24,25)/b19-14+. The van der Waals surface area contributed by atoms with E-state index in [0.29, 0.717) is 36.6 Å². The Kier molecular flexibility index (Phi) is 7.11. The number of anilines is 1. The molecule has 0 bridgehead atoms. The van der Waals surface area contributed by atoms with Gasteiger partial charge in [-0.1, -0.05) is 25.1 Å². The Morgan fingerprint density at radius 3 is 2.55 bits per heavy atom. The first kappa shape index (κ1) is 21.1. The Labute approximate surface area is 171 Å². The molecular formula is C21H25N3O4S. The first-order chi connectivity index (χ1) is 14.0. The largest absolute Gasteiger partial charge is 0.381 e. The Hall–Kier alpha value is -2.58. The highest BCUT2D eigenvalue weighted by Crippen LogP contribution is 2.25. The van der Waals surface area contributed by atoms with Crippen LogP contribution >= 0.6 is 0 Å². The van der Waals surface area contributed by atoms with Gasteiger partial charge in [-0.2, -0.15) is 0 Å². The van der Waals surface area contributed by atoms with Gasteiger partial charge >= 0.3 is 0 Å². The number of benzene rings is 1. The van der Waals surface area contributed by atoms with E-state index in [2.05, 4.69) is 15.3 Å². The fourth-order valence-electron chi connectivity index (χ4n) is 3.20. The average molecular weight is 416 g/mol. The lowest BCUT2D eigenvalue weighted by Gasteiger charge is -2.20. The summed E-state index contributed by atoms with van der Waals surface area (Å²) in [5.74, 6) is 0.438. The van der Waals surface area contributed by atoms with E-state index in [9.17, 15) is 13.2 Å². The predicted molar refractivity (Wildman–Crippen MR) is 111 cm³/mol. The van der Waals surface area contributed by atoms with Gasteiger partial charge in [0, 0.05) is 25.0 Å². The predicted octanol–water partition coefficient (Wildman–Crippen LogP) is 3.11. The van der Waals surface area contributed by atoms with E-state index in [1.54, 1.807) is 36.5 Å². The summed E-state index contributed by atoms with van der Waals surface area (Å²) < 4.78 is 30.0. The highest BCUT2D eigenvalue weighted by Gasteiger charge is 2.19. The number of amides is 1. The molecule has 0 radical (unpaired) electrons. The second-order valence-electron chi connectivity index (χ2n) is 6.92. The molecule has 0 aliphatic carbocycles. The molecule has 1 aliphatic heterocycles. The maximum Gasteiger partial charge on any atom is 0.257 e. The van der Waals surface area contributed by atoms with Gasteiger partial charge in [-0.25, -0.2) is 18.4 Å². The molecule has 0 unspecified atom stereocenters. The van der Waals surface area contributed by atoms with Crippen molar-refractivity contribution in [2.75, 3.05) is 24.3 Å². The highest BCUT2D eigenvalue weighted by molar-refractivity contribution is 7.91. The molecule has 7 nitrogen and oxygen atoms in total. The van der Waals surface area contributed by atoms with Crippen LogP contribution in [0.2, 0.25) is 0 Å². The van der Waals surface area contributed by atoms with Crippen molar-refractivity contribution < 1.29 is 17.9 Å². The molecule has 1 fully saturated rings. The van der Waals surface area contributed by atoms with Crippen molar-refractivity contribution in [3.05, 3.63) is 54.5 Å². The summed E-state index contributed by atoms with van der Waals surface area (Å²) in [7, 11) is -3.30. The van der Waals surface area contributed by atoms with Crippen LogP contribution in [-0.2, 0) is 19.4 Å². The average Bonchev–Trinajstić information content (AvgIpc) is 2.73. The fourth-order valence-corrected chi connectivity index (χ4v) is 4.52. The monoisotopic (exact) mass is 415 g/mol. The minimum atomic E-state index is -3.30. The Bertz CT molecular complexity index is 951. The SMILES string of the molecule is CCCS(=O)(=O)c1ccc(/C(=C\C2CCOCC2)C(=O)Nc2ccncn2)cc1. The van der Waals surface area contributed by atoms with Crippen LogP contribution in [-0.4, -0.2) is 43.3 Å². The third-order valence-electron chi connectivity index (χ3n) is 4.73. The Morgan fingerprint density at radius 1 is 1.21 bits per heavy atom. The molecule has 0 saturated carbocycles. The number of allylic oxidation sites excluding steroid dienone is 1. The molecule has 2 aromatic rings. The van der Waals surface area contributed by atoms with Gasteiger partial charge in [0.1, 0.15) is 12.1 Å². The quantitative estimate of drug-likeness (QED) is 0.698. The molecule has 8 heteroatoms. The second-order valence-corrected chi connectivity index (χ2v) is 9.03. The van der Waals surface area contributed by atoms with Crippen molar-refractivity contribution in [2.24, 2.45) is 5.92 Å². The summed E-state index contributed by atoms with van der Waals surface area (Å²) in [6.07, 6.45) is 7.11. The number of ether oxygens (including phenoxy) is 1. The summed E-state index contributed by atoms with van der Waals surface area (Å²) in [5.41, 5.74) is 1.16. The maximum atomic E-state index is 13.0. The number of carbonyl (C=O) groups is 1. The van der Waals surface area contributed by atoms with Gasteiger partial charge in [0.05, 0.1) is 10.6 Å². The van der Waals surface area contributed by atoms with Gasteiger partial charge in [0.2, 0.25) is 0 Å². The number of hydrogen-bond donors (Lipinski definition) is 1. The van der Waals surface area contributed by atoms with E-state index in [4.69, 9.17) is 4.74 Å². The zero-order valence-corrected chi connectivity index (χ0v) is 17.2. The molecule has 0 atom stereocenters. The lowest BCUT2D eigenvalue weighted by atomic mass is 9.94. The van der Waals surface area contributed by atoms with Crippen LogP contribution in [0.1, 0.15) is 31.7 Å². The molecule has 29 heavy (non-hydrogen) atoms. The number of carbonyl (C=O) groups excluding carboxylic acids is 1. The van der Waals surface area contributed by atoms with Crippen molar-refractivity contribution in [3.63, 3.8) is 0 Å². The van der Waals surface area contributed by atoms with Crippen LogP contribution in [0.5, 0.6) is 0 Å². The smallest absolute Gasteiger partial charge is 0.257 e. The summed E-state index contributed by atoms with van der Waals surface area (Å²) in [4.78, 5) is 21.1. The molecule has 1 aliphatic rings. The molecule has 3 rings (SSSR count). The van der Waals surface area contributed by atoms with Crippen LogP contribution < -0.4 is 5.32 Å². The maximum absolute atomic E-state index is 13.0. The molecule has 2 heterocycles. The minimum Gasteiger partial charge on any atom is -0.381 e. The van der Waals surface area contributed by atoms with Crippen LogP contribution in [0, 0.1) is 5.92 Å². The second kappa shape index (κ2) is 9.76. The van der Waals surface area contributed by atoms with Crippen molar-refractivity contribution in [3.8, 4) is 0 Å². The van der Waals surface area contributed by atoms with Crippen LogP contribution in [0.4, 0.5) is 5.82 Å². The fraction of sp³-hybridized carbons (Fsp3) is 0.381. The van der Waals surface area contributed by atoms with Crippen molar-refractivity contribution in [1.82, 2.24) is 9.97 Å². The van der Waals surface area contributed by atoms with E-state index in [0.717, 1.165) is 12.8 Å². The third-order valence-corrected chi connectivity index (χ3v) is 6.67. The molecular weight excluding hydrogens is 390 g/mol. The van der Waals surface area contributed by atoms with E-state index in [1.807, 2.05) is 13.0 Å². The van der Waals surface area contributed by atoms with E-state index >= 15 is 0 Å². The lowest BCUT2D eigenvalue weighted by Crippen LogP contribution is -2.18. The van der Waals surface area contributed by atoms with Crippen LogP contribution in [0.15, 0.2) is 53.8 Å². The van der Waals surface area contributed by atoms with Crippen molar-refractivity contribution in [2.45, 2.75) is 31.1 Å². The first-order valence-electron chi connectivity index (χ1n) is 9.69. The number of nitrogens with one attached hydrogen (secondary N) is 1. The molecule has 1 aromatic carbocycles. The van der Waals surface area contributed by atoms with Gasteiger partial charge in [0.25, 0.3) is 5.91 Å². The molecule has 1 saturated heterocycles.